The Balaban J connectivity index is 0.0000141. The number of hydrogen-bond donors (Lipinski definition) is 0. The van der Waals surface area contributed by atoms with Crippen molar-refractivity contribution >= 4 is 24.8 Å². The second-order valence-electron chi connectivity index (χ2n) is 21.5. The molecule has 0 N–H and O–H groups in total. The number of hydrogen-bond acceptors (Lipinski definition) is 6. The van der Waals surface area contributed by atoms with Gasteiger partial charge in [-0.15, -0.1) is 24.8 Å². The third kappa shape index (κ3) is 29.8. The summed E-state index contributed by atoms with van der Waals surface area (Å²) in [5, 5.41) is 0. The van der Waals surface area contributed by atoms with Gasteiger partial charge >= 0.3 is 0 Å². The zero-order chi connectivity index (χ0) is 53.4. The lowest BCUT2D eigenvalue weighted by atomic mass is 10.0. The van der Waals surface area contributed by atoms with Crippen molar-refractivity contribution in [3.63, 3.8) is 0 Å². The fourth-order valence-corrected chi connectivity index (χ4v) is 9.55. The number of allylic oxidation sites excluding steroid dienone is 17. The minimum atomic E-state index is 0. The van der Waals surface area contributed by atoms with Crippen LogP contribution < -0.4 is 18.9 Å². The average Bonchev–Trinajstić information content (AvgIpc) is 3.83. The molecule has 0 aliphatic carbocycles. The summed E-state index contributed by atoms with van der Waals surface area (Å²) >= 11 is 0. The molecular weight excluding hydrogens is 968 g/mol. The van der Waals surface area contributed by atoms with Gasteiger partial charge in [-0.3, -0.25) is 9.80 Å². The van der Waals surface area contributed by atoms with Crippen molar-refractivity contribution in [2.24, 2.45) is 0 Å². The van der Waals surface area contributed by atoms with Crippen LogP contribution in [-0.2, 0) is 13.1 Å². The lowest BCUT2D eigenvalue weighted by Crippen LogP contribution is -2.37. The van der Waals surface area contributed by atoms with E-state index < -0.39 is 0 Å². The predicted molar refractivity (Wildman–Crippen MR) is 331 cm³/mol. The minimum Gasteiger partial charge on any atom is -0.493 e. The molecule has 0 aromatic heterocycles. The topological polar surface area (TPSA) is 43.4 Å². The first-order valence-electron chi connectivity index (χ1n) is 27.9. The van der Waals surface area contributed by atoms with Crippen molar-refractivity contribution in [2.75, 3.05) is 48.1 Å². The number of methoxy groups -OCH3 is 4. The lowest BCUT2D eigenvalue weighted by Gasteiger charge is -2.29. The number of rotatable bonds is 35. The number of nitrogens with zero attached hydrogens (tertiary/aromatic N) is 2. The standard InChI is InChI=1S/C67H102N2O4.2ClH/c1-52(2)23-15-24-53(3)25-16-26-54(4)27-17-28-55(5)29-18-30-56(6)31-19-32-57(7)33-20-34-58(8)35-21-36-59(9)37-22-38-60(10)43-46-69(50-62-40-42-65(71-12)67(48-62)73-14)63-44-45-68(51-63)49-61-39-41-64(70-11)66(47-61)72-13;;/h23,25,27,29,31,33,35,37,39-43,47-48,63H,15-22,24,26,28,30,32,34,36,38,44-46,49-51H2,1-14H3;2*1H/b53-25+,54-27+,55-29+,56-31+,57-33+,58-35+,59-37+,60-43+;;. The maximum atomic E-state index is 5.68. The molecule has 0 bridgehead atoms. The first-order valence-corrected chi connectivity index (χ1v) is 27.9. The molecule has 1 fully saturated rings. The highest BCUT2D eigenvalue weighted by molar-refractivity contribution is 5.85. The highest BCUT2D eigenvalue weighted by Gasteiger charge is 2.28. The van der Waals surface area contributed by atoms with Crippen LogP contribution in [0, 0.1) is 0 Å². The first-order chi connectivity index (χ1) is 35.1. The van der Waals surface area contributed by atoms with Gasteiger partial charge in [0.25, 0.3) is 0 Å². The average molecular weight is 1070 g/mol. The van der Waals surface area contributed by atoms with E-state index in [1.165, 1.54) is 80.5 Å². The lowest BCUT2D eigenvalue weighted by molar-refractivity contribution is 0.200. The Hall–Kier alpha value is -4.20. The maximum absolute atomic E-state index is 5.68. The molecule has 3 rings (SSSR count). The van der Waals surface area contributed by atoms with E-state index in [1.807, 2.05) is 12.1 Å². The van der Waals surface area contributed by atoms with Gasteiger partial charge in [0.2, 0.25) is 0 Å². The summed E-state index contributed by atoms with van der Waals surface area (Å²) in [7, 11) is 6.79. The molecule has 8 heteroatoms. The van der Waals surface area contributed by atoms with Gasteiger partial charge in [0.05, 0.1) is 28.4 Å². The molecule has 1 unspecified atom stereocenters. The molecule has 1 aliphatic heterocycles. The molecule has 0 radical (unpaired) electrons. The van der Waals surface area contributed by atoms with Crippen molar-refractivity contribution in [1.82, 2.24) is 9.80 Å². The van der Waals surface area contributed by atoms with Crippen LogP contribution in [0.2, 0.25) is 0 Å². The molecule has 75 heavy (non-hydrogen) atoms. The summed E-state index contributed by atoms with van der Waals surface area (Å²) in [4.78, 5) is 5.21. The molecule has 2 aromatic carbocycles. The van der Waals surface area contributed by atoms with Crippen LogP contribution >= 0.6 is 24.8 Å². The molecule has 1 aliphatic rings. The second-order valence-corrected chi connectivity index (χ2v) is 21.5. The molecule has 420 valence electrons. The van der Waals surface area contributed by atoms with E-state index >= 15 is 0 Å². The van der Waals surface area contributed by atoms with Gasteiger partial charge in [-0.2, -0.15) is 0 Å². The number of likely N-dealkylation sites (tertiary alicyclic amines) is 1. The molecule has 6 nitrogen and oxygen atoms in total. The number of halogens is 2. The Labute approximate surface area is 472 Å². The van der Waals surface area contributed by atoms with E-state index in [0.29, 0.717) is 6.04 Å². The van der Waals surface area contributed by atoms with Crippen molar-refractivity contribution in [3.8, 4) is 23.0 Å². The first kappa shape index (κ1) is 68.8. The summed E-state index contributed by atoms with van der Waals surface area (Å²) in [5.74, 6) is 3.09. The predicted octanol–water partition coefficient (Wildman–Crippen LogP) is 19.4. The third-order valence-corrected chi connectivity index (χ3v) is 14.4. The van der Waals surface area contributed by atoms with Gasteiger partial charge in [0.15, 0.2) is 23.0 Å². The Bertz CT molecular complexity index is 2240. The van der Waals surface area contributed by atoms with E-state index in [0.717, 1.165) is 146 Å². The van der Waals surface area contributed by atoms with Gasteiger partial charge in [-0.25, -0.2) is 0 Å². The minimum absolute atomic E-state index is 0. The summed E-state index contributed by atoms with van der Waals surface area (Å²) in [5.41, 5.74) is 15.9. The molecule has 0 spiro atoms. The highest BCUT2D eigenvalue weighted by Crippen LogP contribution is 2.31. The Kier molecular flexibility index (Phi) is 36.8. The number of benzene rings is 2. The van der Waals surface area contributed by atoms with Crippen molar-refractivity contribution in [1.29, 1.82) is 0 Å². The third-order valence-electron chi connectivity index (χ3n) is 14.4. The molecule has 1 saturated heterocycles. The van der Waals surface area contributed by atoms with Crippen molar-refractivity contribution in [2.45, 2.75) is 198 Å². The monoisotopic (exact) mass is 1070 g/mol. The zero-order valence-corrected chi connectivity index (χ0v) is 51.3. The Morgan fingerprint density at radius 2 is 0.760 bits per heavy atom. The highest BCUT2D eigenvalue weighted by atomic mass is 35.5. The molecule has 0 saturated carbocycles. The van der Waals surface area contributed by atoms with Crippen LogP contribution in [0.4, 0.5) is 0 Å². The summed E-state index contributed by atoms with van der Waals surface area (Å²) in [6, 6.07) is 13.0. The van der Waals surface area contributed by atoms with E-state index in [9.17, 15) is 0 Å². The van der Waals surface area contributed by atoms with Gasteiger partial charge in [0, 0.05) is 38.8 Å². The van der Waals surface area contributed by atoms with Crippen LogP contribution in [0.25, 0.3) is 0 Å². The molecule has 2 aromatic rings. The SMILES string of the molecule is COc1ccc(CN2CCC(N(C/C=C(\C)CC/C=C(\C)CC/C=C(\C)CC/C=C(\C)CC/C=C(\C)CC/C=C(\C)CC/C=C(\C)CC/C=C(\C)CCC=C(C)C)Cc3ccc(OC)c(OC)c3)C2)cc1OC.Cl.Cl. The van der Waals surface area contributed by atoms with E-state index in [4.69, 9.17) is 18.9 Å². The van der Waals surface area contributed by atoms with E-state index in [1.54, 1.807) is 28.4 Å². The smallest absolute Gasteiger partial charge is 0.161 e. The fourth-order valence-electron chi connectivity index (χ4n) is 9.55. The van der Waals surface area contributed by atoms with Gasteiger partial charge < -0.3 is 18.9 Å². The molecular formula is C67H104Cl2N2O4. The summed E-state index contributed by atoms with van der Waals surface area (Å²) in [6.45, 7) is 27.5. The Morgan fingerprint density at radius 3 is 1.11 bits per heavy atom. The van der Waals surface area contributed by atoms with Gasteiger partial charge in [-0.1, -0.05) is 117 Å². The number of ether oxygens (including phenoxy) is 4. The van der Waals surface area contributed by atoms with Crippen molar-refractivity contribution in [3.05, 3.63) is 152 Å². The van der Waals surface area contributed by atoms with Crippen molar-refractivity contribution < 1.29 is 18.9 Å². The molecule has 1 heterocycles. The summed E-state index contributed by atoms with van der Waals surface area (Å²) in [6.07, 6.45) is 41.5. The van der Waals surface area contributed by atoms with E-state index in [2.05, 4.69) is 158 Å². The maximum Gasteiger partial charge on any atom is 0.161 e. The summed E-state index contributed by atoms with van der Waals surface area (Å²) < 4.78 is 22.3. The van der Waals surface area contributed by atoms with Gasteiger partial charge in [0.1, 0.15) is 0 Å². The second kappa shape index (κ2) is 40.1. The van der Waals surface area contributed by atoms with Crippen LogP contribution in [0.3, 0.4) is 0 Å². The molecule has 1 atom stereocenters. The van der Waals surface area contributed by atoms with Gasteiger partial charge in [-0.05, 0) is 214 Å². The van der Waals surface area contributed by atoms with Crippen LogP contribution in [0.15, 0.2) is 141 Å². The normalized spacial score (nSPS) is 15.5. The zero-order valence-electron chi connectivity index (χ0n) is 49.6. The largest absolute Gasteiger partial charge is 0.493 e. The van der Waals surface area contributed by atoms with Crippen LogP contribution in [-0.4, -0.2) is 63.9 Å². The van der Waals surface area contributed by atoms with E-state index in [-0.39, 0.29) is 24.8 Å². The molecule has 0 amide bonds. The quantitative estimate of drug-likeness (QED) is 0.0641. The van der Waals surface area contributed by atoms with Crippen LogP contribution in [0.5, 0.6) is 23.0 Å². The Morgan fingerprint density at radius 1 is 0.440 bits per heavy atom. The van der Waals surface area contributed by atoms with Crippen LogP contribution in [0.1, 0.15) is 190 Å². The fraction of sp³-hybridized carbons (Fsp3) is 0.552.